The molecule has 1 aromatic rings. The number of rotatable bonds is 3. The number of methoxy groups -OCH3 is 1. The highest BCUT2D eigenvalue weighted by Crippen LogP contribution is 2.38. The number of carbonyl (C=O) groups is 1. The fourth-order valence-electron chi connectivity index (χ4n) is 2.22. The minimum absolute atomic E-state index is 0.112. The first-order valence-corrected chi connectivity index (χ1v) is 5.61. The molecule has 0 amide bonds. The first-order valence-electron chi connectivity index (χ1n) is 5.61. The fraction of sp³-hybridized carbons (Fsp3) is 0.500. The monoisotopic (exact) mass is 218 g/mol. The number of ether oxygens (including phenoxy) is 1. The van der Waals surface area contributed by atoms with E-state index in [1.54, 1.807) is 7.11 Å². The van der Waals surface area contributed by atoms with Gasteiger partial charge in [-0.2, -0.15) is 5.10 Å². The minimum atomic E-state index is 0.112. The summed E-state index contributed by atoms with van der Waals surface area (Å²) in [5.74, 6) is 0. The predicted octanol–water partition coefficient (Wildman–Crippen LogP) is 1.61. The number of aldehydes is 1. The molecule has 0 aromatic carbocycles. The van der Waals surface area contributed by atoms with Crippen LogP contribution in [0.4, 0.5) is 0 Å². The summed E-state index contributed by atoms with van der Waals surface area (Å²) < 4.78 is 7.35. The van der Waals surface area contributed by atoms with Crippen molar-refractivity contribution in [2.45, 2.75) is 31.4 Å². The Morgan fingerprint density at radius 2 is 2.38 bits per heavy atom. The Labute approximate surface area is 93.9 Å². The highest BCUT2D eigenvalue weighted by molar-refractivity contribution is 5.80. The summed E-state index contributed by atoms with van der Waals surface area (Å²) in [5, 5.41) is 4.38. The van der Waals surface area contributed by atoms with E-state index >= 15 is 0 Å². The van der Waals surface area contributed by atoms with Gasteiger partial charge in [-0.15, -0.1) is 0 Å². The maximum absolute atomic E-state index is 10.9. The zero-order chi connectivity index (χ0) is 11.1. The third kappa shape index (κ3) is 1.41. The summed E-state index contributed by atoms with van der Waals surface area (Å²) in [6.07, 6.45) is 8.08. The quantitative estimate of drug-likeness (QED) is 0.724. The molecule has 3 rings (SSSR count). The highest BCUT2D eigenvalue weighted by atomic mass is 16.5. The largest absolute Gasteiger partial charge is 0.377 e. The van der Waals surface area contributed by atoms with E-state index in [9.17, 15) is 4.79 Å². The lowest BCUT2D eigenvalue weighted by atomic mass is 10.0. The predicted molar refractivity (Wildman–Crippen MR) is 59.4 cm³/mol. The van der Waals surface area contributed by atoms with Gasteiger partial charge >= 0.3 is 0 Å². The van der Waals surface area contributed by atoms with Gasteiger partial charge in [0, 0.05) is 24.8 Å². The summed E-state index contributed by atoms with van der Waals surface area (Å²) in [6.45, 7) is 0. The van der Waals surface area contributed by atoms with Gasteiger partial charge in [-0.1, -0.05) is 12.2 Å². The SMILES string of the molecule is COC1C=Cc2c(C=O)nn(C3CC3)c2C1. The Morgan fingerprint density at radius 1 is 1.56 bits per heavy atom. The summed E-state index contributed by atoms with van der Waals surface area (Å²) in [4.78, 5) is 10.9. The molecule has 0 bridgehead atoms. The van der Waals surface area contributed by atoms with Crippen LogP contribution in [0, 0.1) is 0 Å². The van der Waals surface area contributed by atoms with Crippen LogP contribution in [0.15, 0.2) is 6.08 Å². The molecule has 2 aliphatic carbocycles. The van der Waals surface area contributed by atoms with Crippen LogP contribution in [0.1, 0.15) is 40.6 Å². The van der Waals surface area contributed by atoms with E-state index in [-0.39, 0.29) is 6.10 Å². The smallest absolute Gasteiger partial charge is 0.170 e. The Balaban J connectivity index is 2.06. The summed E-state index contributed by atoms with van der Waals surface area (Å²) in [7, 11) is 1.71. The molecule has 1 unspecified atom stereocenters. The van der Waals surface area contributed by atoms with Gasteiger partial charge in [0.25, 0.3) is 0 Å². The van der Waals surface area contributed by atoms with Crippen LogP contribution in [0.25, 0.3) is 6.08 Å². The number of hydrogen-bond donors (Lipinski definition) is 0. The van der Waals surface area contributed by atoms with Crippen LogP contribution in [-0.4, -0.2) is 29.3 Å². The molecule has 0 radical (unpaired) electrons. The van der Waals surface area contributed by atoms with E-state index in [1.165, 1.54) is 12.8 Å². The average Bonchev–Trinajstić information content (AvgIpc) is 3.10. The zero-order valence-electron chi connectivity index (χ0n) is 9.22. The van der Waals surface area contributed by atoms with Crippen molar-refractivity contribution in [1.82, 2.24) is 9.78 Å². The molecule has 1 fully saturated rings. The fourth-order valence-corrected chi connectivity index (χ4v) is 2.22. The van der Waals surface area contributed by atoms with Crippen molar-refractivity contribution >= 4 is 12.4 Å². The van der Waals surface area contributed by atoms with Crippen molar-refractivity contribution in [1.29, 1.82) is 0 Å². The van der Waals surface area contributed by atoms with Gasteiger partial charge in [0.05, 0.1) is 12.1 Å². The first-order chi connectivity index (χ1) is 7.83. The van der Waals surface area contributed by atoms with Crippen molar-refractivity contribution in [2.24, 2.45) is 0 Å². The van der Waals surface area contributed by atoms with Crippen LogP contribution < -0.4 is 0 Å². The third-order valence-corrected chi connectivity index (χ3v) is 3.26. The highest BCUT2D eigenvalue weighted by Gasteiger charge is 2.31. The second-order valence-corrected chi connectivity index (χ2v) is 4.38. The summed E-state index contributed by atoms with van der Waals surface area (Å²) in [5.41, 5.74) is 2.70. The molecule has 1 atom stereocenters. The molecular weight excluding hydrogens is 204 g/mol. The Hall–Kier alpha value is -1.42. The van der Waals surface area contributed by atoms with Crippen LogP contribution in [-0.2, 0) is 11.2 Å². The van der Waals surface area contributed by atoms with Crippen LogP contribution >= 0.6 is 0 Å². The van der Waals surface area contributed by atoms with E-state index in [1.807, 2.05) is 16.8 Å². The number of nitrogens with zero attached hydrogens (tertiary/aromatic N) is 2. The van der Waals surface area contributed by atoms with Gasteiger partial charge in [0.1, 0.15) is 5.69 Å². The summed E-state index contributed by atoms with van der Waals surface area (Å²) >= 11 is 0. The van der Waals surface area contributed by atoms with Crippen molar-refractivity contribution in [3.63, 3.8) is 0 Å². The standard InChI is InChI=1S/C12H14N2O2/c1-16-9-4-5-10-11(7-15)13-14(8-2-3-8)12(10)6-9/h4-5,7-9H,2-3,6H2,1H3. The van der Waals surface area contributed by atoms with Crippen LogP contribution in [0.3, 0.4) is 0 Å². The molecule has 0 spiro atoms. The average molecular weight is 218 g/mol. The van der Waals surface area contributed by atoms with Crippen molar-refractivity contribution in [3.8, 4) is 0 Å². The number of hydrogen-bond acceptors (Lipinski definition) is 3. The lowest BCUT2D eigenvalue weighted by Crippen LogP contribution is -2.17. The summed E-state index contributed by atoms with van der Waals surface area (Å²) in [6, 6.07) is 0.506. The van der Waals surface area contributed by atoms with Crippen LogP contribution in [0.2, 0.25) is 0 Å². The molecule has 2 aliphatic rings. The number of aromatic nitrogens is 2. The van der Waals surface area contributed by atoms with Crippen molar-refractivity contribution < 1.29 is 9.53 Å². The molecule has 0 aliphatic heterocycles. The van der Waals surface area contributed by atoms with E-state index < -0.39 is 0 Å². The van der Waals surface area contributed by atoms with E-state index in [0.29, 0.717) is 11.7 Å². The molecule has 4 nitrogen and oxygen atoms in total. The Morgan fingerprint density at radius 3 is 3.00 bits per heavy atom. The number of carbonyl (C=O) groups excluding carboxylic acids is 1. The zero-order valence-corrected chi connectivity index (χ0v) is 9.22. The molecule has 84 valence electrons. The van der Waals surface area contributed by atoms with Gasteiger partial charge < -0.3 is 4.74 Å². The molecule has 1 heterocycles. The van der Waals surface area contributed by atoms with Gasteiger partial charge in [-0.05, 0) is 12.8 Å². The van der Waals surface area contributed by atoms with E-state index in [0.717, 1.165) is 24.0 Å². The van der Waals surface area contributed by atoms with Gasteiger partial charge in [-0.25, -0.2) is 0 Å². The maximum atomic E-state index is 10.9. The van der Waals surface area contributed by atoms with Crippen molar-refractivity contribution in [2.75, 3.05) is 7.11 Å². The third-order valence-electron chi connectivity index (χ3n) is 3.26. The topological polar surface area (TPSA) is 44.1 Å². The van der Waals surface area contributed by atoms with Gasteiger partial charge in [0.15, 0.2) is 6.29 Å². The normalized spacial score (nSPS) is 23.2. The molecule has 1 aromatic heterocycles. The molecule has 4 heteroatoms. The molecule has 1 saturated carbocycles. The minimum Gasteiger partial charge on any atom is -0.377 e. The second kappa shape index (κ2) is 3.56. The van der Waals surface area contributed by atoms with Crippen molar-refractivity contribution in [3.05, 3.63) is 23.0 Å². The van der Waals surface area contributed by atoms with E-state index in [4.69, 9.17) is 4.74 Å². The molecule has 0 N–H and O–H groups in total. The van der Waals surface area contributed by atoms with Gasteiger partial charge in [0.2, 0.25) is 0 Å². The molecule has 16 heavy (non-hydrogen) atoms. The Bertz CT molecular complexity index is 458. The number of fused-ring (bicyclic) bond motifs is 1. The first kappa shape index (κ1) is 9.78. The Kier molecular flexibility index (Phi) is 2.17. The molecule has 0 saturated heterocycles. The van der Waals surface area contributed by atoms with E-state index in [2.05, 4.69) is 5.10 Å². The maximum Gasteiger partial charge on any atom is 0.170 e. The second-order valence-electron chi connectivity index (χ2n) is 4.38. The molecular formula is C12H14N2O2. The van der Waals surface area contributed by atoms with Crippen LogP contribution in [0.5, 0.6) is 0 Å². The van der Waals surface area contributed by atoms with Gasteiger partial charge in [-0.3, -0.25) is 9.48 Å². The lowest BCUT2D eigenvalue weighted by molar-refractivity contribution is 0.111. The lowest BCUT2D eigenvalue weighted by Gasteiger charge is -2.17.